The fourth-order valence-corrected chi connectivity index (χ4v) is 1.09. The summed E-state index contributed by atoms with van der Waals surface area (Å²) in [7, 11) is 0. The molecule has 0 unspecified atom stereocenters. The van der Waals surface area contributed by atoms with Crippen molar-refractivity contribution >= 4 is 17.0 Å². The smallest absolute Gasteiger partial charge is 0.395 e. The number of carbonyl (C=O) groups is 1. The van der Waals surface area contributed by atoms with Crippen LogP contribution in [0.1, 0.15) is 0 Å². The molecule has 0 saturated carbocycles. The third-order valence-corrected chi connectivity index (χ3v) is 1.69. The lowest BCUT2D eigenvalue weighted by atomic mass is 10.3. The number of hydrogen-bond donors (Lipinski definition) is 1. The number of hydrogen-bond acceptors (Lipinski definition) is 4. The predicted molar refractivity (Wildman–Crippen MR) is 48.7 cm³/mol. The van der Waals surface area contributed by atoms with Gasteiger partial charge in [-0.3, -0.25) is 4.79 Å². The second-order valence-electron chi connectivity index (χ2n) is 2.82. The molecule has 78 valence electrons. The first kappa shape index (κ1) is 9.45. The fraction of sp³-hybridized carbons (Fsp3) is 0.111. The third-order valence-electron chi connectivity index (χ3n) is 1.69. The van der Waals surface area contributed by atoms with Crippen molar-refractivity contribution in [1.29, 1.82) is 0 Å². The van der Waals surface area contributed by atoms with Gasteiger partial charge in [-0.1, -0.05) is 6.07 Å². The molecule has 1 aromatic heterocycles. The molecule has 0 fully saturated rings. The molecule has 1 amide bonds. The van der Waals surface area contributed by atoms with Gasteiger partial charge in [0.05, 0.1) is 0 Å². The van der Waals surface area contributed by atoms with Gasteiger partial charge < -0.3 is 14.9 Å². The fourth-order valence-electron chi connectivity index (χ4n) is 1.09. The maximum Gasteiger partial charge on any atom is 0.395 e. The molecule has 2 aromatic rings. The Morgan fingerprint density at radius 2 is 2.40 bits per heavy atom. The van der Waals surface area contributed by atoms with Crippen LogP contribution >= 0.6 is 0 Å². The summed E-state index contributed by atoms with van der Waals surface area (Å²) in [5.41, 5.74) is 5.18. The van der Waals surface area contributed by atoms with E-state index in [4.69, 9.17) is 14.9 Å². The number of oxazole rings is 1. The lowest BCUT2D eigenvalue weighted by molar-refractivity contribution is -0.120. The first-order valence-electron chi connectivity index (χ1n) is 4.13. The number of benzene rings is 1. The summed E-state index contributed by atoms with van der Waals surface area (Å²) in [5.74, 6) is -1.16. The van der Waals surface area contributed by atoms with Crippen LogP contribution in [0.25, 0.3) is 11.1 Å². The second kappa shape index (κ2) is 3.56. The van der Waals surface area contributed by atoms with E-state index in [9.17, 15) is 9.18 Å². The van der Waals surface area contributed by atoms with Crippen LogP contribution in [0.15, 0.2) is 22.6 Å². The SMILES string of the molecule is NC(=O)COc1nc2c(F)cccc2o1. The Balaban J connectivity index is 2.31. The molecule has 1 aromatic carbocycles. The summed E-state index contributed by atoms with van der Waals surface area (Å²) in [6.07, 6.45) is -0.172. The van der Waals surface area contributed by atoms with Gasteiger partial charge in [-0.15, -0.1) is 0 Å². The lowest BCUT2D eigenvalue weighted by Crippen LogP contribution is -2.20. The van der Waals surface area contributed by atoms with E-state index in [0.29, 0.717) is 0 Å². The van der Waals surface area contributed by atoms with Gasteiger partial charge in [0.25, 0.3) is 5.91 Å². The topological polar surface area (TPSA) is 78.4 Å². The molecule has 6 heteroatoms. The van der Waals surface area contributed by atoms with Crippen molar-refractivity contribution in [3.05, 3.63) is 24.0 Å². The number of nitrogens with zero attached hydrogens (tertiary/aromatic N) is 1. The van der Waals surface area contributed by atoms with Crippen LogP contribution in [0, 0.1) is 5.82 Å². The van der Waals surface area contributed by atoms with Crippen LogP contribution < -0.4 is 10.5 Å². The van der Waals surface area contributed by atoms with Gasteiger partial charge in [0.15, 0.2) is 18.0 Å². The molecular weight excluding hydrogens is 203 g/mol. The maximum absolute atomic E-state index is 13.1. The molecule has 0 saturated heterocycles. The number of carbonyl (C=O) groups excluding carboxylic acids is 1. The van der Waals surface area contributed by atoms with Gasteiger partial charge in [0.1, 0.15) is 5.52 Å². The molecule has 0 spiro atoms. The van der Waals surface area contributed by atoms with Gasteiger partial charge in [-0.25, -0.2) is 4.39 Å². The second-order valence-corrected chi connectivity index (χ2v) is 2.82. The highest BCUT2D eigenvalue weighted by atomic mass is 19.1. The minimum atomic E-state index is -0.655. The Morgan fingerprint density at radius 3 is 3.07 bits per heavy atom. The summed E-state index contributed by atoms with van der Waals surface area (Å²) in [6, 6.07) is 4.28. The minimum Gasteiger partial charge on any atom is -0.440 e. The molecule has 0 aliphatic carbocycles. The van der Waals surface area contributed by atoms with E-state index in [2.05, 4.69) is 4.98 Å². The molecule has 15 heavy (non-hydrogen) atoms. The molecule has 0 aliphatic rings. The molecule has 0 atom stereocenters. The minimum absolute atomic E-state index is 0.0666. The largest absolute Gasteiger partial charge is 0.440 e. The van der Waals surface area contributed by atoms with E-state index >= 15 is 0 Å². The third kappa shape index (κ3) is 1.88. The standard InChI is InChI=1S/C9H7FN2O3/c10-5-2-1-3-6-8(5)12-9(15-6)14-4-7(11)13/h1-3H,4H2,(H2,11,13). The highest BCUT2D eigenvalue weighted by Gasteiger charge is 2.10. The Morgan fingerprint density at radius 1 is 1.60 bits per heavy atom. The zero-order valence-electron chi connectivity index (χ0n) is 7.57. The van der Waals surface area contributed by atoms with Crippen molar-refractivity contribution in [2.75, 3.05) is 6.61 Å². The first-order valence-corrected chi connectivity index (χ1v) is 4.13. The summed E-state index contributed by atoms with van der Waals surface area (Å²) >= 11 is 0. The molecular formula is C9H7FN2O3. The average molecular weight is 210 g/mol. The number of primary amides is 1. The molecule has 0 bridgehead atoms. The van der Waals surface area contributed by atoms with Gasteiger partial charge >= 0.3 is 6.08 Å². The van der Waals surface area contributed by atoms with Crippen LogP contribution in [0.3, 0.4) is 0 Å². The van der Waals surface area contributed by atoms with Crippen LogP contribution in [-0.4, -0.2) is 17.5 Å². The Bertz CT molecular complexity index is 509. The molecule has 2 rings (SSSR count). The Kier molecular flexibility index (Phi) is 2.24. The lowest BCUT2D eigenvalue weighted by Gasteiger charge is -1.94. The van der Waals surface area contributed by atoms with Crippen molar-refractivity contribution in [3.63, 3.8) is 0 Å². The number of rotatable bonds is 3. The van der Waals surface area contributed by atoms with E-state index < -0.39 is 11.7 Å². The summed E-state index contributed by atoms with van der Waals surface area (Å²) in [5, 5.41) is 0. The number of nitrogens with two attached hydrogens (primary N) is 1. The van der Waals surface area contributed by atoms with E-state index in [1.807, 2.05) is 0 Å². The predicted octanol–water partition coefficient (Wildman–Crippen LogP) is 0.831. The zero-order valence-corrected chi connectivity index (χ0v) is 7.57. The first-order chi connectivity index (χ1) is 7.16. The number of halogens is 1. The van der Waals surface area contributed by atoms with E-state index in [1.165, 1.54) is 12.1 Å². The van der Waals surface area contributed by atoms with E-state index in [-0.39, 0.29) is 23.8 Å². The van der Waals surface area contributed by atoms with Crippen LogP contribution in [0.4, 0.5) is 4.39 Å². The Hall–Kier alpha value is -2.11. The molecule has 1 heterocycles. The Labute approximate surface area is 83.6 Å². The van der Waals surface area contributed by atoms with Crippen molar-refractivity contribution < 1.29 is 18.3 Å². The summed E-state index contributed by atoms with van der Waals surface area (Å²) in [6.45, 7) is -0.353. The summed E-state index contributed by atoms with van der Waals surface area (Å²) in [4.78, 5) is 14.1. The molecule has 0 aliphatic heterocycles. The monoisotopic (exact) mass is 210 g/mol. The van der Waals surface area contributed by atoms with Crippen molar-refractivity contribution in [1.82, 2.24) is 4.98 Å². The summed E-state index contributed by atoms with van der Waals surface area (Å²) < 4.78 is 22.9. The van der Waals surface area contributed by atoms with Crippen molar-refractivity contribution in [2.45, 2.75) is 0 Å². The van der Waals surface area contributed by atoms with Gasteiger partial charge in [0, 0.05) is 0 Å². The van der Waals surface area contributed by atoms with Crippen LogP contribution in [-0.2, 0) is 4.79 Å². The highest BCUT2D eigenvalue weighted by molar-refractivity contribution is 5.76. The highest BCUT2D eigenvalue weighted by Crippen LogP contribution is 2.22. The van der Waals surface area contributed by atoms with Crippen molar-refractivity contribution in [2.24, 2.45) is 5.73 Å². The van der Waals surface area contributed by atoms with Crippen LogP contribution in [0.2, 0.25) is 0 Å². The zero-order chi connectivity index (χ0) is 10.8. The maximum atomic E-state index is 13.1. The average Bonchev–Trinajstić information content (AvgIpc) is 2.59. The number of ether oxygens (including phenoxy) is 1. The quantitative estimate of drug-likeness (QED) is 0.813. The van der Waals surface area contributed by atoms with E-state index in [0.717, 1.165) is 0 Å². The van der Waals surface area contributed by atoms with Crippen molar-refractivity contribution in [3.8, 4) is 6.08 Å². The molecule has 2 N–H and O–H groups in total. The number of amides is 1. The van der Waals surface area contributed by atoms with Gasteiger partial charge in [-0.2, -0.15) is 4.98 Å². The van der Waals surface area contributed by atoms with Gasteiger partial charge in [0.2, 0.25) is 0 Å². The number of aromatic nitrogens is 1. The normalized spacial score (nSPS) is 10.5. The number of para-hydroxylation sites is 1. The molecule has 0 radical (unpaired) electrons. The molecule has 5 nitrogen and oxygen atoms in total. The van der Waals surface area contributed by atoms with E-state index in [1.54, 1.807) is 6.07 Å². The number of fused-ring (bicyclic) bond motifs is 1. The van der Waals surface area contributed by atoms with Gasteiger partial charge in [-0.05, 0) is 12.1 Å². The van der Waals surface area contributed by atoms with Crippen LogP contribution in [0.5, 0.6) is 6.08 Å².